The SMILES string of the molecule is CC/C=C/C=C/C=C\C=C/C=C/CCCC(CC(=O)NC(CO)C(O)CCCCCCCCCCCCC)OC(=O)CCCCCCCC/C=C/C/C=C/C/C=C/CC. The van der Waals surface area contributed by atoms with Gasteiger partial charge in [-0.05, 0) is 70.6 Å². The topological polar surface area (TPSA) is 95.9 Å². The van der Waals surface area contributed by atoms with Crippen LogP contribution >= 0.6 is 0 Å². The highest BCUT2D eigenvalue weighted by Gasteiger charge is 2.24. The van der Waals surface area contributed by atoms with Crippen LogP contribution in [0.3, 0.4) is 0 Å². The van der Waals surface area contributed by atoms with Crippen molar-refractivity contribution in [1.82, 2.24) is 5.32 Å². The first-order chi connectivity index (χ1) is 29.0. The summed E-state index contributed by atoms with van der Waals surface area (Å²) in [6.07, 6.45) is 60.4. The zero-order chi connectivity index (χ0) is 43.1. The zero-order valence-corrected chi connectivity index (χ0v) is 38.1. The quantitative estimate of drug-likeness (QED) is 0.0247. The van der Waals surface area contributed by atoms with E-state index in [4.69, 9.17) is 4.74 Å². The molecule has 0 aliphatic carbocycles. The molecule has 3 N–H and O–H groups in total. The first kappa shape index (κ1) is 55.8. The largest absolute Gasteiger partial charge is 0.462 e. The number of aliphatic hydroxyl groups excluding tert-OH is 2. The summed E-state index contributed by atoms with van der Waals surface area (Å²) in [5.74, 6) is -0.571. The number of amides is 1. The molecule has 0 saturated heterocycles. The predicted octanol–water partition coefficient (Wildman–Crippen LogP) is 14.2. The van der Waals surface area contributed by atoms with E-state index in [2.05, 4.69) is 74.7 Å². The summed E-state index contributed by atoms with van der Waals surface area (Å²) in [7, 11) is 0. The van der Waals surface area contributed by atoms with Crippen LogP contribution in [-0.4, -0.2) is 46.9 Å². The van der Waals surface area contributed by atoms with Gasteiger partial charge in [-0.2, -0.15) is 0 Å². The first-order valence-electron chi connectivity index (χ1n) is 24.0. The number of esters is 1. The molecule has 0 bridgehead atoms. The predicted molar refractivity (Wildman–Crippen MR) is 254 cm³/mol. The molecule has 59 heavy (non-hydrogen) atoms. The van der Waals surface area contributed by atoms with Crippen LogP contribution in [0, 0.1) is 0 Å². The molecule has 0 spiro atoms. The molecule has 0 fully saturated rings. The average Bonchev–Trinajstić information content (AvgIpc) is 3.23. The van der Waals surface area contributed by atoms with Crippen molar-refractivity contribution in [2.24, 2.45) is 0 Å². The number of aliphatic hydroxyl groups is 2. The maximum absolute atomic E-state index is 13.1. The Morgan fingerprint density at radius 1 is 0.525 bits per heavy atom. The van der Waals surface area contributed by atoms with E-state index in [1.54, 1.807) is 0 Å². The van der Waals surface area contributed by atoms with Crippen LogP contribution in [0.2, 0.25) is 0 Å². The van der Waals surface area contributed by atoms with Crippen molar-refractivity contribution in [2.75, 3.05) is 6.61 Å². The van der Waals surface area contributed by atoms with Gasteiger partial charge in [0.1, 0.15) is 6.10 Å². The molecule has 0 heterocycles. The highest BCUT2D eigenvalue weighted by molar-refractivity contribution is 5.77. The van der Waals surface area contributed by atoms with Gasteiger partial charge >= 0.3 is 5.97 Å². The Morgan fingerprint density at radius 3 is 1.61 bits per heavy atom. The number of hydrogen-bond donors (Lipinski definition) is 3. The van der Waals surface area contributed by atoms with Crippen molar-refractivity contribution in [3.63, 3.8) is 0 Å². The molecule has 3 atom stereocenters. The summed E-state index contributed by atoms with van der Waals surface area (Å²) in [5.41, 5.74) is 0. The Labute approximate surface area is 363 Å². The monoisotopic (exact) mass is 820 g/mol. The normalized spacial score (nSPS) is 14.2. The van der Waals surface area contributed by atoms with Crippen LogP contribution in [-0.2, 0) is 14.3 Å². The lowest BCUT2D eigenvalue weighted by molar-refractivity contribution is -0.151. The molecular formula is C53H89NO5. The molecule has 0 radical (unpaired) electrons. The van der Waals surface area contributed by atoms with Crippen molar-refractivity contribution < 1.29 is 24.5 Å². The van der Waals surface area contributed by atoms with Crippen molar-refractivity contribution in [1.29, 1.82) is 0 Å². The third-order valence-electron chi connectivity index (χ3n) is 10.3. The Bertz CT molecular complexity index is 1190. The summed E-state index contributed by atoms with van der Waals surface area (Å²) in [5, 5.41) is 23.6. The number of carbonyl (C=O) groups excluding carboxylic acids is 2. The highest BCUT2D eigenvalue weighted by atomic mass is 16.5. The number of rotatable bonds is 41. The van der Waals surface area contributed by atoms with Gasteiger partial charge in [0.05, 0.1) is 25.2 Å². The molecule has 0 aliphatic rings. The van der Waals surface area contributed by atoms with Gasteiger partial charge in [-0.25, -0.2) is 0 Å². The molecular weight excluding hydrogens is 731 g/mol. The van der Waals surface area contributed by atoms with Gasteiger partial charge in [0.2, 0.25) is 5.91 Å². The van der Waals surface area contributed by atoms with E-state index in [0.29, 0.717) is 19.3 Å². The van der Waals surface area contributed by atoms with Crippen LogP contribution in [0.4, 0.5) is 0 Å². The molecule has 0 aromatic rings. The lowest BCUT2D eigenvalue weighted by Gasteiger charge is -2.24. The molecule has 1 amide bonds. The van der Waals surface area contributed by atoms with E-state index in [1.807, 2.05) is 48.6 Å². The molecule has 6 nitrogen and oxygen atoms in total. The molecule has 6 heteroatoms. The maximum atomic E-state index is 13.1. The fourth-order valence-electron chi connectivity index (χ4n) is 6.71. The summed E-state index contributed by atoms with van der Waals surface area (Å²) in [4.78, 5) is 26.0. The number of nitrogens with one attached hydrogen (secondary N) is 1. The molecule has 0 aromatic carbocycles. The standard InChI is InChI=1S/C53H89NO5/c1-4-7-10-13-16-19-22-24-25-26-28-31-34-37-40-43-46-53(58)59-49(44-41-38-35-32-30-27-23-20-17-14-11-8-5-2)47-52(57)54-50(48-55)51(56)45-42-39-36-33-29-21-18-15-12-9-6-3/h7-8,10-11,14,16-17,19-20,23-25,27,30,32,35,49-51,55-56H,4-6,9,12-13,15,18,21-22,26,28-29,31,33-34,36-48H2,1-3H3,(H,54,57)/b10-7+,11-8+,17-14+,19-16+,23-20-,25-24+,30-27-,35-32+. The Morgan fingerprint density at radius 2 is 1.02 bits per heavy atom. The third kappa shape index (κ3) is 41.3. The van der Waals surface area contributed by atoms with Gasteiger partial charge in [0.15, 0.2) is 0 Å². The minimum absolute atomic E-state index is 0.0177. The van der Waals surface area contributed by atoms with Crippen LogP contribution in [0.5, 0.6) is 0 Å². The highest BCUT2D eigenvalue weighted by Crippen LogP contribution is 2.16. The van der Waals surface area contributed by atoms with E-state index in [0.717, 1.165) is 83.5 Å². The molecule has 0 rings (SSSR count). The number of ether oxygens (including phenoxy) is 1. The van der Waals surface area contributed by atoms with Crippen molar-refractivity contribution in [2.45, 2.75) is 219 Å². The number of hydrogen-bond acceptors (Lipinski definition) is 5. The lowest BCUT2D eigenvalue weighted by atomic mass is 10.0. The molecule has 336 valence electrons. The van der Waals surface area contributed by atoms with Crippen LogP contribution in [0.15, 0.2) is 97.2 Å². The second-order valence-electron chi connectivity index (χ2n) is 15.9. The smallest absolute Gasteiger partial charge is 0.306 e. The van der Waals surface area contributed by atoms with E-state index in [1.165, 1.54) is 70.6 Å². The first-order valence-corrected chi connectivity index (χ1v) is 24.0. The van der Waals surface area contributed by atoms with Gasteiger partial charge in [-0.15, -0.1) is 0 Å². The van der Waals surface area contributed by atoms with E-state index in [-0.39, 0.29) is 24.9 Å². The Balaban J connectivity index is 4.73. The number of carbonyl (C=O) groups is 2. The Hall–Kier alpha value is -3.22. The average molecular weight is 820 g/mol. The molecule has 3 unspecified atom stereocenters. The lowest BCUT2D eigenvalue weighted by Crippen LogP contribution is -2.46. The van der Waals surface area contributed by atoms with Crippen LogP contribution in [0.1, 0.15) is 201 Å². The van der Waals surface area contributed by atoms with Crippen LogP contribution < -0.4 is 5.32 Å². The van der Waals surface area contributed by atoms with Crippen molar-refractivity contribution in [3.05, 3.63) is 97.2 Å². The van der Waals surface area contributed by atoms with Gasteiger partial charge < -0.3 is 20.3 Å². The third-order valence-corrected chi connectivity index (χ3v) is 10.3. The fourth-order valence-corrected chi connectivity index (χ4v) is 6.71. The zero-order valence-electron chi connectivity index (χ0n) is 38.1. The summed E-state index contributed by atoms with van der Waals surface area (Å²) in [6.45, 7) is 6.18. The fraction of sp³-hybridized carbons (Fsp3) is 0.660. The Kier molecular flexibility index (Phi) is 43.4. The summed E-state index contributed by atoms with van der Waals surface area (Å²) < 4.78 is 5.87. The van der Waals surface area contributed by atoms with Crippen molar-refractivity contribution in [3.8, 4) is 0 Å². The van der Waals surface area contributed by atoms with Gasteiger partial charge in [-0.3, -0.25) is 9.59 Å². The maximum Gasteiger partial charge on any atom is 0.306 e. The van der Waals surface area contributed by atoms with Crippen LogP contribution in [0.25, 0.3) is 0 Å². The molecule has 0 aromatic heterocycles. The van der Waals surface area contributed by atoms with Gasteiger partial charge in [-0.1, -0.05) is 214 Å². The van der Waals surface area contributed by atoms with E-state index < -0.39 is 18.2 Å². The molecule has 0 aliphatic heterocycles. The van der Waals surface area contributed by atoms with Gasteiger partial charge in [0, 0.05) is 6.42 Å². The van der Waals surface area contributed by atoms with E-state index >= 15 is 0 Å². The second-order valence-corrected chi connectivity index (χ2v) is 15.9. The minimum atomic E-state index is -0.813. The van der Waals surface area contributed by atoms with Crippen molar-refractivity contribution >= 4 is 11.9 Å². The number of allylic oxidation sites excluding steroid dienone is 16. The van der Waals surface area contributed by atoms with Gasteiger partial charge in [0.25, 0.3) is 0 Å². The van der Waals surface area contributed by atoms with E-state index in [9.17, 15) is 19.8 Å². The number of unbranched alkanes of at least 4 members (excludes halogenated alkanes) is 17. The second kappa shape index (κ2) is 45.9. The summed E-state index contributed by atoms with van der Waals surface area (Å²) >= 11 is 0. The minimum Gasteiger partial charge on any atom is -0.462 e. The summed E-state index contributed by atoms with van der Waals surface area (Å²) in [6, 6.07) is -0.731. The molecule has 0 saturated carbocycles.